The predicted octanol–water partition coefficient (Wildman–Crippen LogP) is 0.442. The largest absolute Gasteiger partial charge is 0.385 e. The summed E-state index contributed by atoms with van der Waals surface area (Å²) in [4.78, 5) is 4.21. The molecule has 0 aromatic carbocycles. The minimum atomic E-state index is -0.804. The zero-order valence-corrected chi connectivity index (χ0v) is 14.3. The number of nitrogen functional groups attached to an aromatic ring is 1. The number of aryl methyl sites for hydroxylation is 1. The molecule has 5 N–H and O–H groups in total. The first-order chi connectivity index (χ1) is 9.18. The summed E-state index contributed by atoms with van der Waals surface area (Å²) >= 11 is 1.47. The standard InChI is InChI=1S/C12H22N4O2S.2ClH/c13-11-16-10(6-19-11)2-1-3-14-7-12(17)8-15-4-5-18-9-12;;/h6,14-15,17H,1-5,7-9H2,(H2,13,16);2*1H. The van der Waals surface area contributed by atoms with Crippen LogP contribution in [0.1, 0.15) is 12.1 Å². The van der Waals surface area contributed by atoms with Crippen LogP contribution in [-0.4, -0.2) is 55.1 Å². The first-order valence-electron chi connectivity index (χ1n) is 6.59. The van der Waals surface area contributed by atoms with Gasteiger partial charge in [-0.25, -0.2) is 4.98 Å². The number of nitrogens with two attached hydrogens (primary N) is 1. The molecule has 0 spiro atoms. The van der Waals surface area contributed by atoms with Crippen molar-refractivity contribution in [3.63, 3.8) is 0 Å². The van der Waals surface area contributed by atoms with Gasteiger partial charge in [0.05, 0.1) is 18.9 Å². The van der Waals surface area contributed by atoms with Gasteiger partial charge in [0, 0.05) is 25.0 Å². The molecule has 2 heterocycles. The summed E-state index contributed by atoms with van der Waals surface area (Å²) in [5, 5.41) is 19.4. The lowest BCUT2D eigenvalue weighted by atomic mass is 10.1. The Bertz CT molecular complexity index is 387. The molecule has 2 rings (SSSR count). The van der Waals surface area contributed by atoms with Crippen LogP contribution in [0.15, 0.2) is 5.38 Å². The van der Waals surface area contributed by atoms with Crippen LogP contribution in [0.4, 0.5) is 5.13 Å². The maximum absolute atomic E-state index is 10.3. The van der Waals surface area contributed by atoms with Crippen molar-refractivity contribution in [2.45, 2.75) is 18.4 Å². The van der Waals surface area contributed by atoms with Gasteiger partial charge < -0.3 is 26.2 Å². The fourth-order valence-electron chi connectivity index (χ4n) is 2.05. The van der Waals surface area contributed by atoms with Crippen molar-refractivity contribution >= 4 is 41.3 Å². The number of nitrogens with zero attached hydrogens (tertiary/aromatic N) is 1. The molecule has 1 atom stereocenters. The van der Waals surface area contributed by atoms with Gasteiger partial charge in [0.25, 0.3) is 0 Å². The van der Waals surface area contributed by atoms with Gasteiger partial charge in [0.15, 0.2) is 5.13 Å². The fourth-order valence-corrected chi connectivity index (χ4v) is 2.64. The summed E-state index contributed by atoms with van der Waals surface area (Å²) in [6, 6.07) is 0. The van der Waals surface area contributed by atoms with Crippen LogP contribution in [-0.2, 0) is 11.2 Å². The second-order valence-electron chi connectivity index (χ2n) is 4.91. The molecule has 1 fully saturated rings. The molecule has 124 valence electrons. The van der Waals surface area contributed by atoms with Gasteiger partial charge in [-0.15, -0.1) is 36.2 Å². The minimum Gasteiger partial charge on any atom is -0.385 e. The number of halogens is 2. The van der Waals surface area contributed by atoms with Gasteiger partial charge in [0.2, 0.25) is 0 Å². The molecule has 0 amide bonds. The van der Waals surface area contributed by atoms with Crippen molar-refractivity contribution in [2.75, 3.05) is 45.1 Å². The number of hydrogen-bond acceptors (Lipinski definition) is 7. The molecule has 6 nitrogen and oxygen atoms in total. The van der Waals surface area contributed by atoms with Crippen LogP contribution >= 0.6 is 36.2 Å². The second-order valence-corrected chi connectivity index (χ2v) is 5.80. The van der Waals surface area contributed by atoms with Crippen LogP contribution in [0.5, 0.6) is 0 Å². The van der Waals surface area contributed by atoms with Crippen molar-refractivity contribution in [1.82, 2.24) is 15.6 Å². The average molecular weight is 359 g/mol. The van der Waals surface area contributed by atoms with E-state index in [9.17, 15) is 5.11 Å². The summed E-state index contributed by atoms with van der Waals surface area (Å²) in [6.45, 7) is 3.80. The zero-order valence-electron chi connectivity index (χ0n) is 11.8. The lowest BCUT2D eigenvalue weighted by Gasteiger charge is -2.26. The summed E-state index contributed by atoms with van der Waals surface area (Å²) in [6.07, 6.45) is 1.89. The molecule has 1 aromatic heterocycles. The third-order valence-electron chi connectivity index (χ3n) is 3.06. The maximum atomic E-state index is 10.3. The van der Waals surface area contributed by atoms with Gasteiger partial charge in [0.1, 0.15) is 5.60 Å². The maximum Gasteiger partial charge on any atom is 0.180 e. The molecular weight excluding hydrogens is 335 g/mol. The molecule has 1 aromatic rings. The summed E-state index contributed by atoms with van der Waals surface area (Å²) in [5.74, 6) is 0. The number of rotatable bonds is 6. The molecule has 0 radical (unpaired) electrons. The van der Waals surface area contributed by atoms with Gasteiger partial charge >= 0.3 is 0 Å². The Morgan fingerprint density at radius 2 is 2.33 bits per heavy atom. The quantitative estimate of drug-likeness (QED) is 0.551. The molecular formula is C12H24Cl2N4O2S. The predicted molar refractivity (Wildman–Crippen MR) is 90.9 cm³/mol. The van der Waals surface area contributed by atoms with Gasteiger partial charge in [-0.2, -0.15) is 0 Å². The van der Waals surface area contributed by atoms with Crippen LogP contribution in [0.3, 0.4) is 0 Å². The number of aliphatic hydroxyl groups is 1. The molecule has 1 aliphatic heterocycles. The van der Waals surface area contributed by atoms with Crippen molar-refractivity contribution in [3.8, 4) is 0 Å². The number of nitrogens with one attached hydrogen (secondary N) is 2. The van der Waals surface area contributed by atoms with Crippen molar-refractivity contribution in [2.24, 2.45) is 0 Å². The highest BCUT2D eigenvalue weighted by molar-refractivity contribution is 7.13. The van der Waals surface area contributed by atoms with E-state index in [0.29, 0.717) is 31.4 Å². The SMILES string of the molecule is Cl.Cl.Nc1nc(CCCNCC2(O)CNCCOC2)cs1. The van der Waals surface area contributed by atoms with E-state index in [4.69, 9.17) is 10.5 Å². The Balaban J connectivity index is 0.00000200. The molecule has 9 heteroatoms. The van der Waals surface area contributed by atoms with E-state index in [1.54, 1.807) is 0 Å². The van der Waals surface area contributed by atoms with E-state index in [0.717, 1.165) is 31.6 Å². The van der Waals surface area contributed by atoms with Gasteiger partial charge in [-0.1, -0.05) is 0 Å². The molecule has 0 bridgehead atoms. The Morgan fingerprint density at radius 3 is 3.05 bits per heavy atom. The second kappa shape index (κ2) is 10.6. The highest BCUT2D eigenvalue weighted by Gasteiger charge is 2.28. The smallest absolute Gasteiger partial charge is 0.180 e. The number of hydrogen-bond donors (Lipinski definition) is 4. The molecule has 1 aliphatic rings. The van der Waals surface area contributed by atoms with E-state index < -0.39 is 5.60 Å². The van der Waals surface area contributed by atoms with E-state index in [-0.39, 0.29) is 24.8 Å². The fraction of sp³-hybridized carbons (Fsp3) is 0.750. The highest BCUT2D eigenvalue weighted by atomic mass is 35.5. The number of ether oxygens (including phenoxy) is 1. The van der Waals surface area contributed by atoms with Crippen LogP contribution in [0.2, 0.25) is 0 Å². The Kier molecular flexibility index (Phi) is 10.5. The lowest BCUT2D eigenvalue weighted by molar-refractivity contribution is -0.0261. The molecule has 1 unspecified atom stereocenters. The monoisotopic (exact) mass is 358 g/mol. The van der Waals surface area contributed by atoms with E-state index in [2.05, 4.69) is 15.6 Å². The number of anilines is 1. The molecule has 0 aliphatic carbocycles. The molecule has 0 saturated carbocycles. The number of aromatic nitrogens is 1. The van der Waals surface area contributed by atoms with E-state index in [1.165, 1.54) is 11.3 Å². The minimum absolute atomic E-state index is 0. The van der Waals surface area contributed by atoms with E-state index >= 15 is 0 Å². The van der Waals surface area contributed by atoms with Crippen LogP contribution in [0, 0.1) is 0 Å². The topological polar surface area (TPSA) is 92.4 Å². The third-order valence-corrected chi connectivity index (χ3v) is 3.78. The summed E-state index contributed by atoms with van der Waals surface area (Å²) in [5.41, 5.74) is 5.82. The van der Waals surface area contributed by atoms with E-state index in [1.807, 2.05) is 5.38 Å². The average Bonchev–Trinajstić information content (AvgIpc) is 2.67. The van der Waals surface area contributed by atoms with Crippen LogP contribution in [0.25, 0.3) is 0 Å². The van der Waals surface area contributed by atoms with Crippen molar-refractivity contribution in [1.29, 1.82) is 0 Å². The first kappa shape index (κ1) is 20.9. The Hall–Kier alpha value is -0.150. The Morgan fingerprint density at radius 1 is 1.52 bits per heavy atom. The summed E-state index contributed by atoms with van der Waals surface area (Å²) in [7, 11) is 0. The van der Waals surface area contributed by atoms with Crippen molar-refractivity contribution in [3.05, 3.63) is 11.1 Å². The van der Waals surface area contributed by atoms with Gasteiger partial charge in [-0.3, -0.25) is 0 Å². The highest BCUT2D eigenvalue weighted by Crippen LogP contribution is 2.12. The molecule has 21 heavy (non-hydrogen) atoms. The third kappa shape index (κ3) is 7.60. The molecule has 1 saturated heterocycles. The van der Waals surface area contributed by atoms with Crippen LogP contribution < -0.4 is 16.4 Å². The number of β-amino-alcohol motifs (C(OH)–C–C–N with tert-alkyl or cyclic N) is 1. The Labute approximate surface area is 141 Å². The first-order valence-corrected chi connectivity index (χ1v) is 7.47. The normalized spacial score (nSPS) is 22.0. The zero-order chi connectivity index (χ0) is 13.6. The lowest BCUT2D eigenvalue weighted by Crippen LogP contribution is -2.50. The summed E-state index contributed by atoms with van der Waals surface area (Å²) < 4.78 is 5.36. The van der Waals surface area contributed by atoms with Gasteiger partial charge in [-0.05, 0) is 19.4 Å². The van der Waals surface area contributed by atoms with Crippen molar-refractivity contribution < 1.29 is 9.84 Å². The number of thiazole rings is 1.